The Kier molecular flexibility index (Phi) is 5.21. The van der Waals surface area contributed by atoms with E-state index in [1.165, 1.54) is 5.56 Å². The van der Waals surface area contributed by atoms with Gasteiger partial charge in [-0.3, -0.25) is 9.59 Å². The lowest BCUT2D eigenvalue weighted by Gasteiger charge is -2.08. The summed E-state index contributed by atoms with van der Waals surface area (Å²) in [4.78, 5) is 23.8. The van der Waals surface area contributed by atoms with E-state index in [1.54, 1.807) is 0 Å². The molecule has 0 atom stereocenters. The van der Waals surface area contributed by atoms with E-state index in [2.05, 4.69) is 41.0 Å². The smallest absolute Gasteiger partial charge is 0.267 e. The second-order valence-electron chi connectivity index (χ2n) is 7.67. The zero-order chi connectivity index (χ0) is 20.4. The molecular weight excluding hydrogens is 362 g/mol. The van der Waals surface area contributed by atoms with Gasteiger partial charge in [-0.2, -0.15) is 0 Å². The van der Waals surface area contributed by atoms with E-state index in [1.807, 2.05) is 42.9 Å². The van der Waals surface area contributed by atoms with Crippen LogP contribution in [-0.4, -0.2) is 22.9 Å². The van der Waals surface area contributed by atoms with Crippen molar-refractivity contribution in [2.45, 2.75) is 26.2 Å². The predicted octanol–water partition coefficient (Wildman–Crippen LogP) is 3.86. The molecule has 3 aromatic rings. The van der Waals surface area contributed by atoms with Gasteiger partial charge in [0.2, 0.25) is 5.91 Å². The van der Waals surface area contributed by atoms with Crippen molar-refractivity contribution in [2.75, 3.05) is 11.9 Å². The Hall–Kier alpha value is -3.34. The largest absolute Gasteiger partial charge is 0.351 e. The zero-order valence-electron chi connectivity index (χ0n) is 16.8. The summed E-state index contributed by atoms with van der Waals surface area (Å²) < 4.78 is 1.86. The number of anilines is 1. The van der Waals surface area contributed by atoms with Gasteiger partial charge in [0.25, 0.3) is 5.91 Å². The molecule has 2 amide bonds. The summed E-state index contributed by atoms with van der Waals surface area (Å²) in [7, 11) is 1.89. The molecule has 0 aliphatic carbocycles. The minimum absolute atomic E-state index is 0.0273. The van der Waals surface area contributed by atoms with Crippen molar-refractivity contribution < 1.29 is 9.59 Å². The summed E-state index contributed by atoms with van der Waals surface area (Å²) in [5.74, 6) is 0.0300. The molecule has 2 N–H and O–H groups in total. The highest BCUT2D eigenvalue weighted by molar-refractivity contribution is 5.99. The van der Waals surface area contributed by atoms with Gasteiger partial charge in [0.1, 0.15) is 5.69 Å². The summed E-state index contributed by atoms with van der Waals surface area (Å²) in [5.41, 5.74) is 7.27. The molecule has 1 aliphatic rings. The molecule has 0 saturated carbocycles. The summed E-state index contributed by atoms with van der Waals surface area (Å²) in [6, 6.07) is 16.5. The van der Waals surface area contributed by atoms with E-state index in [0.29, 0.717) is 18.7 Å². The number of aryl methyl sites for hydroxylation is 3. The van der Waals surface area contributed by atoms with Crippen LogP contribution in [0.2, 0.25) is 0 Å². The van der Waals surface area contributed by atoms with Gasteiger partial charge in [0, 0.05) is 25.5 Å². The molecule has 4 rings (SSSR count). The maximum atomic E-state index is 12.2. The monoisotopic (exact) mass is 387 g/mol. The zero-order valence-corrected chi connectivity index (χ0v) is 16.8. The SMILES string of the molecule is Cc1cc(C(=O)NCCCc2ccc(-c3ccc4c(c3)CC(=O)N4)cc2)n(C)c1. The number of carbonyl (C=O) groups is 2. The minimum atomic E-state index is -0.0273. The average Bonchev–Trinajstić information content (AvgIpc) is 3.25. The number of rotatable bonds is 6. The third-order valence-corrected chi connectivity index (χ3v) is 5.32. The van der Waals surface area contributed by atoms with Crippen LogP contribution < -0.4 is 10.6 Å². The van der Waals surface area contributed by atoms with Crippen LogP contribution in [0.1, 0.15) is 33.6 Å². The number of nitrogens with zero attached hydrogens (tertiary/aromatic N) is 1. The quantitative estimate of drug-likeness (QED) is 0.631. The lowest BCUT2D eigenvalue weighted by molar-refractivity contribution is -0.115. The number of benzene rings is 2. The van der Waals surface area contributed by atoms with Gasteiger partial charge >= 0.3 is 0 Å². The lowest BCUT2D eigenvalue weighted by Crippen LogP contribution is -2.26. The van der Waals surface area contributed by atoms with Crippen LogP contribution in [0.15, 0.2) is 54.7 Å². The molecule has 1 aromatic heterocycles. The van der Waals surface area contributed by atoms with Crippen molar-refractivity contribution in [3.05, 3.63) is 77.1 Å². The molecule has 1 aliphatic heterocycles. The molecule has 5 nitrogen and oxygen atoms in total. The minimum Gasteiger partial charge on any atom is -0.351 e. The molecule has 0 unspecified atom stereocenters. The van der Waals surface area contributed by atoms with E-state index in [-0.39, 0.29) is 11.8 Å². The molecule has 0 spiro atoms. The third-order valence-electron chi connectivity index (χ3n) is 5.32. The van der Waals surface area contributed by atoms with Crippen molar-refractivity contribution >= 4 is 17.5 Å². The Morgan fingerprint density at radius 2 is 1.86 bits per heavy atom. The standard InChI is InChI=1S/C24H25N3O2/c1-16-12-22(27(2)15-16)24(29)25-11-3-4-17-5-7-18(8-6-17)19-9-10-21-20(13-19)14-23(28)26-21/h5-10,12-13,15H,3-4,11,14H2,1-2H3,(H,25,29)(H,26,28). The van der Waals surface area contributed by atoms with E-state index >= 15 is 0 Å². The number of nitrogens with one attached hydrogen (secondary N) is 2. The normalized spacial score (nSPS) is 12.6. The van der Waals surface area contributed by atoms with Crippen molar-refractivity contribution in [2.24, 2.45) is 7.05 Å². The van der Waals surface area contributed by atoms with Crippen LogP contribution in [-0.2, 0) is 24.7 Å². The fraction of sp³-hybridized carbons (Fsp3) is 0.250. The van der Waals surface area contributed by atoms with Gasteiger partial charge in [-0.25, -0.2) is 0 Å². The Labute approximate surface area is 170 Å². The number of aromatic nitrogens is 1. The van der Waals surface area contributed by atoms with Crippen molar-refractivity contribution in [1.82, 2.24) is 9.88 Å². The van der Waals surface area contributed by atoms with Crippen LogP contribution in [0.25, 0.3) is 11.1 Å². The van der Waals surface area contributed by atoms with Crippen molar-refractivity contribution in [3.63, 3.8) is 0 Å². The molecule has 0 bridgehead atoms. The second-order valence-corrected chi connectivity index (χ2v) is 7.67. The van der Waals surface area contributed by atoms with Crippen LogP contribution >= 0.6 is 0 Å². The summed E-state index contributed by atoms with van der Waals surface area (Å²) in [6.45, 7) is 2.64. The average molecular weight is 387 g/mol. The first-order valence-corrected chi connectivity index (χ1v) is 9.93. The maximum absolute atomic E-state index is 12.2. The van der Waals surface area contributed by atoms with E-state index in [9.17, 15) is 9.59 Å². The maximum Gasteiger partial charge on any atom is 0.267 e. The van der Waals surface area contributed by atoms with Crippen LogP contribution in [0.4, 0.5) is 5.69 Å². The molecule has 29 heavy (non-hydrogen) atoms. The summed E-state index contributed by atoms with van der Waals surface area (Å²) >= 11 is 0. The molecule has 0 saturated heterocycles. The van der Waals surface area contributed by atoms with Crippen molar-refractivity contribution in [1.29, 1.82) is 0 Å². The first-order valence-electron chi connectivity index (χ1n) is 9.93. The summed E-state index contributed by atoms with van der Waals surface area (Å²) in [6.07, 6.45) is 4.21. The van der Waals surface area contributed by atoms with Crippen LogP contribution in [0, 0.1) is 6.92 Å². The number of amides is 2. The van der Waals surface area contributed by atoms with Crippen LogP contribution in [0.3, 0.4) is 0 Å². The number of carbonyl (C=O) groups excluding carboxylic acids is 2. The van der Waals surface area contributed by atoms with Gasteiger partial charge in [0.05, 0.1) is 6.42 Å². The topological polar surface area (TPSA) is 63.1 Å². The Morgan fingerprint density at radius 3 is 2.59 bits per heavy atom. The first kappa shape index (κ1) is 19.0. The van der Waals surface area contributed by atoms with Gasteiger partial charge in [0.15, 0.2) is 0 Å². The molecule has 148 valence electrons. The lowest BCUT2D eigenvalue weighted by atomic mass is 9.99. The van der Waals surface area contributed by atoms with Gasteiger partial charge in [-0.15, -0.1) is 0 Å². The predicted molar refractivity (Wildman–Crippen MR) is 115 cm³/mol. The third kappa shape index (κ3) is 4.24. The molecule has 0 radical (unpaired) electrons. The van der Waals surface area contributed by atoms with Crippen molar-refractivity contribution in [3.8, 4) is 11.1 Å². The number of fused-ring (bicyclic) bond motifs is 1. The van der Waals surface area contributed by atoms with E-state index in [4.69, 9.17) is 0 Å². The van der Waals surface area contributed by atoms with E-state index in [0.717, 1.165) is 40.8 Å². The number of hydrogen-bond donors (Lipinski definition) is 2. The molecular formula is C24H25N3O2. The van der Waals surface area contributed by atoms with Crippen LogP contribution in [0.5, 0.6) is 0 Å². The fourth-order valence-corrected chi connectivity index (χ4v) is 3.81. The Balaban J connectivity index is 1.30. The highest BCUT2D eigenvalue weighted by Gasteiger charge is 2.17. The molecule has 5 heteroatoms. The molecule has 2 heterocycles. The first-order chi connectivity index (χ1) is 14.0. The highest BCUT2D eigenvalue weighted by Crippen LogP contribution is 2.29. The van der Waals surface area contributed by atoms with Gasteiger partial charge in [-0.1, -0.05) is 30.3 Å². The summed E-state index contributed by atoms with van der Waals surface area (Å²) in [5, 5.41) is 5.86. The molecule has 0 fully saturated rings. The Bertz CT molecular complexity index is 1060. The second kappa shape index (κ2) is 7.95. The van der Waals surface area contributed by atoms with Gasteiger partial charge in [-0.05, 0) is 65.8 Å². The Morgan fingerprint density at radius 1 is 1.10 bits per heavy atom. The number of hydrogen-bond acceptors (Lipinski definition) is 2. The highest BCUT2D eigenvalue weighted by atomic mass is 16.2. The molecule has 2 aromatic carbocycles. The fourth-order valence-electron chi connectivity index (χ4n) is 3.81. The van der Waals surface area contributed by atoms with E-state index < -0.39 is 0 Å². The van der Waals surface area contributed by atoms with Gasteiger partial charge < -0.3 is 15.2 Å².